The molecule has 1 saturated carbocycles. The number of aliphatic hydroxyl groups is 3. The maximum Gasteiger partial charge on any atom is 0.308 e. The molecule has 0 unspecified atom stereocenters. The highest BCUT2D eigenvalue weighted by molar-refractivity contribution is 5.95. The molecule has 41 heavy (non-hydrogen) atoms. The van der Waals surface area contributed by atoms with Crippen LogP contribution in [0.15, 0.2) is 12.2 Å². The summed E-state index contributed by atoms with van der Waals surface area (Å²) in [6.45, 7) is 11.3. The fourth-order valence-corrected chi connectivity index (χ4v) is 7.28. The van der Waals surface area contributed by atoms with Gasteiger partial charge < -0.3 is 39.2 Å². The predicted molar refractivity (Wildman–Crippen MR) is 151 cm³/mol. The number of epoxide rings is 1. The zero-order valence-corrected chi connectivity index (χ0v) is 25.9. The molecule has 0 aromatic heterocycles. The van der Waals surface area contributed by atoms with Crippen LogP contribution in [0.2, 0.25) is 0 Å². The second-order valence-corrected chi connectivity index (χ2v) is 13.7. The molecule has 3 N–H and O–H groups in total. The Bertz CT molecular complexity index is 989. The van der Waals surface area contributed by atoms with Gasteiger partial charge in [0.2, 0.25) is 0 Å². The predicted octanol–water partition coefficient (Wildman–Crippen LogP) is 2.22. The van der Waals surface area contributed by atoms with E-state index in [4.69, 9.17) is 18.9 Å². The Labute approximate surface area is 244 Å². The van der Waals surface area contributed by atoms with Crippen molar-refractivity contribution >= 4 is 11.8 Å². The first-order valence-electron chi connectivity index (χ1n) is 15.2. The van der Waals surface area contributed by atoms with Crippen molar-refractivity contribution in [3.63, 3.8) is 0 Å². The van der Waals surface area contributed by atoms with Gasteiger partial charge in [0.05, 0.1) is 42.4 Å². The number of nitrogens with zero attached hydrogens (tertiary/aromatic N) is 1. The maximum atomic E-state index is 13.6. The number of hydrogen-bond acceptors (Lipinski definition) is 10. The van der Waals surface area contributed by atoms with Crippen LogP contribution in [0.4, 0.5) is 0 Å². The molecule has 0 amide bonds. The second-order valence-electron chi connectivity index (χ2n) is 13.7. The molecule has 3 aliphatic heterocycles. The molecule has 2 bridgehead atoms. The summed E-state index contributed by atoms with van der Waals surface area (Å²) in [5.74, 6) is -1.74. The van der Waals surface area contributed by atoms with E-state index in [-0.39, 0.29) is 48.7 Å². The number of carbonyl (C=O) groups excluding carboxylic acids is 2. The topological polar surface area (TPSA) is 138 Å². The molecule has 2 saturated heterocycles. The number of ketones is 1. The van der Waals surface area contributed by atoms with Gasteiger partial charge in [0, 0.05) is 17.9 Å². The summed E-state index contributed by atoms with van der Waals surface area (Å²) in [5, 5.41) is 33.7. The fraction of sp³-hybridized carbons (Fsp3) is 0.871. The van der Waals surface area contributed by atoms with Crippen LogP contribution in [0, 0.1) is 23.2 Å². The highest BCUT2D eigenvalue weighted by Crippen LogP contribution is 2.49. The van der Waals surface area contributed by atoms with E-state index in [1.54, 1.807) is 19.9 Å². The largest absolute Gasteiger partial charge is 0.462 e. The number of ether oxygens (including phenoxy) is 4. The van der Waals surface area contributed by atoms with Crippen molar-refractivity contribution in [1.82, 2.24) is 4.90 Å². The molecular weight excluding hydrogens is 530 g/mol. The molecule has 0 aromatic rings. The molecule has 0 aromatic carbocycles. The van der Waals surface area contributed by atoms with Crippen molar-refractivity contribution in [3.05, 3.63) is 12.2 Å². The second kappa shape index (κ2) is 12.3. The highest BCUT2D eigenvalue weighted by Gasteiger charge is 2.57. The number of aliphatic hydroxyl groups excluding tert-OH is 3. The van der Waals surface area contributed by atoms with Crippen molar-refractivity contribution in [3.8, 4) is 0 Å². The Balaban J connectivity index is 1.66. The van der Waals surface area contributed by atoms with Gasteiger partial charge in [-0.1, -0.05) is 20.8 Å². The van der Waals surface area contributed by atoms with Crippen LogP contribution in [0.5, 0.6) is 0 Å². The average molecular weight is 582 g/mol. The van der Waals surface area contributed by atoms with Gasteiger partial charge in [-0.3, -0.25) is 9.59 Å². The van der Waals surface area contributed by atoms with E-state index in [9.17, 15) is 24.9 Å². The minimum Gasteiger partial charge on any atom is -0.462 e. The van der Waals surface area contributed by atoms with E-state index in [1.165, 1.54) is 6.08 Å². The lowest BCUT2D eigenvalue weighted by Crippen LogP contribution is -2.56. The van der Waals surface area contributed by atoms with Crippen LogP contribution in [0.25, 0.3) is 0 Å². The summed E-state index contributed by atoms with van der Waals surface area (Å²) in [7, 11) is 3.79. The number of hydrogen-bond donors (Lipinski definition) is 3. The lowest BCUT2D eigenvalue weighted by Gasteiger charge is -2.44. The number of cyclic esters (lactones) is 1. The number of likely N-dealkylation sites (N-methyl/N-ethyl adjacent to an activating group) is 1. The minimum absolute atomic E-state index is 0.124. The zero-order chi connectivity index (χ0) is 30.4. The van der Waals surface area contributed by atoms with E-state index in [0.29, 0.717) is 19.3 Å². The maximum absolute atomic E-state index is 13.6. The first kappa shape index (κ1) is 32.5. The molecule has 234 valence electrons. The first-order valence-corrected chi connectivity index (χ1v) is 15.2. The number of carbonyl (C=O) groups is 2. The molecule has 10 heteroatoms. The van der Waals surface area contributed by atoms with Crippen molar-refractivity contribution in [2.75, 3.05) is 14.1 Å². The lowest BCUT2D eigenvalue weighted by atomic mass is 9.78. The summed E-state index contributed by atoms with van der Waals surface area (Å²) in [6, 6.07) is -0.195. The van der Waals surface area contributed by atoms with Crippen molar-refractivity contribution in [2.45, 2.75) is 134 Å². The van der Waals surface area contributed by atoms with E-state index >= 15 is 0 Å². The van der Waals surface area contributed by atoms with Gasteiger partial charge in [-0.2, -0.15) is 0 Å². The monoisotopic (exact) mass is 581 g/mol. The van der Waals surface area contributed by atoms with Crippen LogP contribution in [-0.4, -0.2) is 107 Å². The van der Waals surface area contributed by atoms with Crippen molar-refractivity contribution < 1.29 is 43.9 Å². The smallest absolute Gasteiger partial charge is 0.308 e. The van der Waals surface area contributed by atoms with Crippen LogP contribution in [0.3, 0.4) is 0 Å². The van der Waals surface area contributed by atoms with E-state index in [1.807, 2.05) is 46.7 Å². The molecule has 4 aliphatic rings. The fourth-order valence-electron chi connectivity index (χ4n) is 7.28. The lowest BCUT2D eigenvalue weighted by molar-refractivity contribution is -0.282. The quantitative estimate of drug-likeness (QED) is 0.335. The number of fused-ring (bicyclic) bond motifs is 3. The average Bonchev–Trinajstić information content (AvgIpc) is 3.49. The molecule has 14 atom stereocenters. The molecule has 10 nitrogen and oxygen atoms in total. The van der Waals surface area contributed by atoms with Crippen LogP contribution >= 0.6 is 0 Å². The van der Waals surface area contributed by atoms with Gasteiger partial charge in [0.1, 0.15) is 17.8 Å². The molecular formula is C31H51NO9. The highest BCUT2D eigenvalue weighted by atomic mass is 16.7. The minimum atomic E-state index is -1.11. The van der Waals surface area contributed by atoms with Gasteiger partial charge in [-0.05, 0) is 78.6 Å². The third kappa shape index (κ3) is 6.59. The van der Waals surface area contributed by atoms with Crippen LogP contribution < -0.4 is 0 Å². The van der Waals surface area contributed by atoms with Crippen LogP contribution in [0.1, 0.15) is 73.6 Å². The molecule has 3 heterocycles. The van der Waals surface area contributed by atoms with E-state index < -0.39 is 59.7 Å². The molecule has 0 radical (unpaired) electrons. The Kier molecular flexibility index (Phi) is 9.76. The van der Waals surface area contributed by atoms with Crippen molar-refractivity contribution in [1.29, 1.82) is 0 Å². The molecule has 3 fully saturated rings. The Morgan fingerprint density at radius 2 is 1.76 bits per heavy atom. The SMILES string of the molecule is CC[C@H]1OC(=O)C[C@@H](O)[C@H](C)[C@@H](O[C@@H]2O[C@H](C)C[C@H](N(C)C)[C@H]2O)[C@H]2C[C@H](O)[C@@](C)(C2)C(=O)/C=C/[C@]2(C)O[C@H]2[C@H]1C. The standard InChI is InChI=1S/C31H51NO9/c1-9-22-18(4)28-31(6,41-28)11-10-23(34)30(5)15-19(13-24(30)35)27(17(3)21(33)14-25(36)39-22)40-29-26(37)20(32(7)8)12-16(2)38-29/h10-11,16-22,24,26-29,33,35,37H,9,12-15H2,1-8H3/b11-10+/t16-,17+,18+,19+,20+,21-,22-,24+,26-,27-,28+,29+,30+,31+/m1/s1. The van der Waals surface area contributed by atoms with E-state index in [0.717, 1.165) is 0 Å². The number of esters is 1. The van der Waals surface area contributed by atoms with E-state index in [2.05, 4.69) is 0 Å². The normalized spacial score (nSPS) is 50.3. The third-order valence-corrected chi connectivity index (χ3v) is 10.2. The summed E-state index contributed by atoms with van der Waals surface area (Å²) < 4.78 is 24.4. The summed E-state index contributed by atoms with van der Waals surface area (Å²) in [4.78, 5) is 28.5. The van der Waals surface area contributed by atoms with Gasteiger partial charge >= 0.3 is 5.97 Å². The van der Waals surface area contributed by atoms with Gasteiger partial charge in [-0.15, -0.1) is 0 Å². The van der Waals surface area contributed by atoms with Gasteiger partial charge in [-0.25, -0.2) is 0 Å². The van der Waals surface area contributed by atoms with Gasteiger partial charge in [0.25, 0.3) is 0 Å². The third-order valence-electron chi connectivity index (χ3n) is 10.2. The molecule has 1 aliphatic carbocycles. The van der Waals surface area contributed by atoms with Crippen LogP contribution in [-0.2, 0) is 28.5 Å². The van der Waals surface area contributed by atoms with Crippen molar-refractivity contribution in [2.24, 2.45) is 23.2 Å². The zero-order valence-electron chi connectivity index (χ0n) is 25.9. The summed E-state index contributed by atoms with van der Waals surface area (Å²) >= 11 is 0. The Morgan fingerprint density at radius 3 is 2.39 bits per heavy atom. The molecule has 4 rings (SSSR count). The number of allylic oxidation sites excluding steroid dienone is 1. The summed E-state index contributed by atoms with van der Waals surface area (Å²) in [6.07, 6.45) is -0.643. The Hall–Kier alpha value is -1.40. The Morgan fingerprint density at radius 1 is 1.07 bits per heavy atom. The van der Waals surface area contributed by atoms with Gasteiger partial charge in [0.15, 0.2) is 12.1 Å². The first-order chi connectivity index (χ1) is 19.1. The molecule has 0 spiro atoms. The summed E-state index contributed by atoms with van der Waals surface area (Å²) in [5.41, 5.74) is -1.73. The number of rotatable bonds is 4.